The predicted molar refractivity (Wildman–Crippen MR) is 225 cm³/mol. The molecular formula is C49H29N3OS. The summed E-state index contributed by atoms with van der Waals surface area (Å²) in [5.74, 6) is 1.18. The summed E-state index contributed by atoms with van der Waals surface area (Å²) in [4.78, 5) is 14.9. The summed E-state index contributed by atoms with van der Waals surface area (Å²) in [7, 11) is 0. The molecule has 5 heteroatoms. The maximum atomic E-state index is 9.21. The average molecular weight is 717 g/mol. The van der Waals surface area contributed by atoms with E-state index in [0.717, 1.165) is 44.4 Å². The van der Waals surface area contributed by atoms with Gasteiger partial charge in [-0.3, -0.25) is 0 Å². The van der Waals surface area contributed by atoms with E-state index in [4.69, 9.17) is 30.3 Å². The Bertz CT molecular complexity index is 3740. The van der Waals surface area contributed by atoms with Gasteiger partial charge in [-0.05, 0) is 57.3 Å². The summed E-state index contributed by atoms with van der Waals surface area (Å²) < 4.78 is 86.3. The molecule has 0 radical (unpaired) electrons. The number of hydrogen-bond donors (Lipinski definition) is 0. The maximum absolute atomic E-state index is 9.21. The van der Waals surface area contributed by atoms with Crippen molar-refractivity contribution in [2.24, 2.45) is 0 Å². The third-order valence-corrected chi connectivity index (χ3v) is 10.9. The summed E-state index contributed by atoms with van der Waals surface area (Å²) >= 11 is 1.09. The van der Waals surface area contributed by atoms with Crippen LogP contribution in [0.4, 0.5) is 0 Å². The third-order valence-electron chi connectivity index (χ3n) is 9.65. The lowest BCUT2D eigenvalue weighted by Crippen LogP contribution is -2.00. The fourth-order valence-corrected chi connectivity index (χ4v) is 8.37. The maximum Gasteiger partial charge on any atom is 0.164 e. The van der Waals surface area contributed by atoms with Gasteiger partial charge in [-0.15, -0.1) is 11.3 Å². The van der Waals surface area contributed by atoms with Crippen molar-refractivity contribution in [2.45, 2.75) is 0 Å². The van der Waals surface area contributed by atoms with E-state index in [1.165, 1.54) is 0 Å². The minimum Gasteiger partial charge on any atom is -0.456 e. The van der Waals surface area contributed by atoms with Gasteiger partial charge in [0.2, 0.25) is 0 Å². The molecule has 11 aromatic rings. The fraction of sp³-hybridized carbons (Fsp3) is 0. The number of rotatable bonds is 5. The Morgan fingerprint density at radius 1 is 0.426 bits per heavy atom. The molecule has 0 atom stereocenters. The second-order valence-electron chi connectivity index (χ2n) is 12.9. The van der Waals surface area contributed by atoms with Gasteiger partial charge in [0.15, 0.2) is 17.5 Å². The Hall–Kier alpha value is -6.95. The van der Waals surface area contributed by atoms with E-state index in [0.29, 0.717) is 50.0 Å². The first kappa shape index (κ1) is 22.9. The van der Waals surface area contributed by atoms with Crippen molar-refractivity contribution in [3.8, 4) is 56.4 Å². The molecule has 0 saturated carbocycles. The lowest BCUT2D eigenvalue weighted by Gasteiger charge is -2.10. The lowest BCUT2D eigenvalue weighted by molar-refractivity contribution is 0.669. The van der Waals surface area contributed by atoms with E-state index in [1.54, 1.807) is 12.1 Å². The first-order chi connectivity index (χ1) is 30.5. The Labute approximate surface area is 327 Å². The van der Waals surface area contributed by atoms with Crippen molar-refractivity contribution in [2.75, 3.05) is 0 Å². The zero-order valence-corrected chi connectivity index (χ0v) is 29.0. The number of benzene rings is 8. The van der Waals surface area contributed by atoms with Crippen LogP contribution in [0, 0.1) is 0 Å². The van der Waals surface area contributed by atoms with Gasteiger partial charge in [0.05, 0.1) is 12.3 Å². The molecule has 252 valence electrons. The molecule has 0 bridgehead atoms. The summed E-state index contributed by atoms with van der Waals surface area (Å²) in [5, 5.41) is 2.26. The van der Waals surface area contributed by atoms with Crippen molar-refractivity contribution in [3.05, 3.63) is 176 Å². The van der Waals surface area contributed by atoms with Crippen LogP contribution in [0.15, 0.2) is 180 Å². The smallest absolute Gasteiger partial charge is 0.164 e. The van der Waals surface area contributed by atoms with Crippen molar-refractivity contribution < 1.29 is 16.8 Å². The molecule has 0 aliphatic heterocycles. The molecule has 4 nitrogen and oxygen atoms in total. The summed E-state index contributed by atoms with van der Waals surface area (Å²) in [6.45, 7) is 0. The van der Waals surface area contributed by atoms with E-state index in [-0.39, 0.29) is 56.5 Å². The molecule has 0 aliphatic carbocycles. The number of aromatic nitrogens is 3. The quantitative estimate of drug-likeness (QED) is 0.178. The Balaban J connectivity index is 1.11. The summed E-state index contributed by atoms with van der Waals surface area (Å²) in [6, 6.07) is 35.5. The molecule has 0 unspecified atom stereocenters. The molecule has 11 rings (SSSR count). The molecule has 8 aromatic carbocycles. The number of hydrogen-bond acceptors (Lipinski definition) is 5. The lowest BCUT2D eigenvalue weighted by atomic mass is 9.99. The van der Waals surface area contributed by atoms with Crippen molar-refractivity contribution >= 4 is 64.2 Å². The molecule has 0 spiro atoms. The predicted octanol–water partition coefficient (Wildman–Crippen LogP) is 13.6. The van der Waals surface area contributed by atoms with E-state index in [2.05, 4.69) is 18.2 Å². The molecule has 0 fully saturated rings. The Morgan fingerprint density at radius 3 is 1.93 bits per heavy atom. The molecule has 0 amide bonds. The standard InChI is InChI=1S/C49H29N3OS/c1-3-12-30(13-4-1)36-20-11-23-42-44(36)41-27-25-35(29-43(41)53-42)49-51-47(32-15-5-2-6-16-32)50-48(52-49)34-18-9-17-33(28-34)38-21-10-22-39-40-26-24-31-14-7-8-19-37(31)45(40)54-46(38)39/h1-29H/i7D,8D,10D,14D,19D,21D,22D,24D,26D. The first-order valence-corrected chi connectivity index (χ1v) is 18.1. The van der Waals surface area contributed by atoms with Crippen LogP contribution in [-0.2, 0) is 0 Å². The van der Waals surface area contributed by atoms with Crippen LogP contribution in [-0.4, -0.2) is 15.0 Å². The van der Waals surface area contributed by atoms with Gasteiger partial charge >= 0.3 is 0 Å². The van der Waals surface area contributed by atoms with E-state index in [9.17, 15) is 1.37 Å². The monoisotopic (exact) mass is 716 g/mol. The minimum atomic E-state index is -0.508. The van der Waals surface area contributed by atoms with Crippen molar-refractivity contribution in [1.29, 1.82) is 0 Å². The van der Waals surface area contributed by atoms with Crippen LogP contribution >= 0.6 is 11.3 Å². The van der Waals surface area contributed by atoms with Gasteiger partial charge in [0.1, 0.15) is 11.2 Å². The van der Waals surface area contributed by atoms with Crippen LogP contribution in [0.1, 0.15) is 12.3 Å². The Morgan fingerprint density at radius 2 is 1.09 bits per heavy atom. The van der Waals surface area contributed by atoms with Crippen LogP contribution in [0.25, 0.3) is 109 Å². The number of furan rings is 1. The minimum absolute atomic E-state index is 0.0685. The van der Waals surface area contributed by atoms with Gasteiger partial charge in [-0.1, -0.05) is 151 Å². The van der Waals surface area contributed by atoms with E-state index < -0.39 is 24.2 Å². The van der Waals surface area contributed by atoms with Crippen molar-refractivity contribution in [3.63, 3.8) is 0 Å². The summed E-state index contributed by atoms with van der Waals surface area (Å²) in [6.07, 6.45) is 0. The topological polar surface area (TPSA) is 51.8 Å². The highest BCUT2D eigenvalue weighted by molar-refractivity contribution is 7.27. The second-order valence-corrected chi connectivity index (χ2v) is 13.9. The molecule has 0 N–H and O–H groups in total. The molecule has 0 saturated heterocycles. The van der Waals surface area contributed by atoms with Gasteiger partial charge in [-0.25, -0.2) is 15.0 Å². The third kappa shape index (κ3) is 5.01. The molecule has 0 aliphatic rings. The summed E-state index contributed by atoms with van der Waals surface area (Å²) in [5.41, 5.74) is 6.44. The second kappa shape index (κ2) is 12.3. The zero-order chi connectivity index (χ0) is 43.4. The van der Waals surface area contributed by atoms with Crippen LogP contribution in [0.2, 0.25) is 0 Å². The largest absolute Gasteiger partial charge is 0.456 e. The number of thiophene rings is 1. The molecule has 54 heavy (non-hydrogen) atoms. The SMILES string of the molecule is [2H]c1c([2H])c([2H])c2c(sc3c4c([2H])c([2H])c([2H])c([2H])c4c([2H])c([2H])c32)c1-c1cccc(-c2nc(-c3ccccc3)nc(-c3ccc4c(c3)oc3cccc(-c5ccccc5)c34)n2)c1. The van der Waals surface area contributed by atoms with E-state index >= 15 is 0 Å². The van der Waals surface area contributed by atoms with Gasteiger partial charge in [0, 0.05) is 47.6 Å². The molecule has 3 heterocycles. The number of fused-ring (bicyclic) bond motifs is 8. The van der Waals surface area contributed by atoms with Crippen molar-refractivity contribution in [1.82, 2.24) is 15.0 Å². The van der Waals surface area contributed by atoms with Crippen LogP contribution < -0.4 is 0 Å². The number of nitrogens with zero attached hydrogens (tertiary/aromatic N) is 3. The normalized spacial score (nSPS) is 14.0. The fourth-order valence-electron chi connectivity index (χ4n) is 7.13. The van der Waals surface area contributed by atoms with Crippen LogP contribution in [0.3, 0.4) is 0 Å². The van der Waals surface area contributed by atoms with Crippen LogP contribution in [0.5, 0.6) is 0 Å². The van der Waals surface area contributed by atoms with Gasteiger partial charge in [-0.2, -0.15) is 0 Å². The Kier molecular flexibility index (Phi) is 5.22. The highest BCUT2D eigenvalue weighted by Crippen LogP contribution is 2.43. The van der Waals surface area contributed by atoms with Gasteiger partial charge in [0.25, 0.3) is 0 Å². The highest BCUT2D eigenvalue weighted by atomic mass is 32.1. The van der Waals surface area contributed by atoms with E-state index in [1.807, 2.05) is 91.0 Å². The van der Waals surface area contributed by atoms with Gasteiger partial charge < -0.3 is 4.42 Å². The molecular weight excluding hydrogens is 679 g/mol. The molecule has 3 aromatic heterocycles. The average Bonchev–Trinajstić information content (AvgIpc) is 3.90. The zero-order valence-electron chi connectivity index (χ0n) is 37.2. The first-order valence-electron chi connectivity index (χ1n) is 21.8. The highest BCUT2D eigenvalue weighted by Gasteiger charge is 2.18.